The molecule has 0 spiro atoms. The van der Waals surface area contributed by atoms with Crippen molar-refractivity contribution in [1.29, 1.82) is 0 Å². The molecular weight excluding hydrogens is 387 g/mol. The van der Waals surface area contributed by atoms with E-state index in [2.05, 4.69) is 109 Å². The predicted octanol–water partition coefficient (Wildman–Crippen LogP) is 8.35. The Morgan fingerprint density at radius 3 is 2.22 bits per heavy atom. The minimum absolute atomic E-state index is 0.117. The lowest BCUT2D eigenvalue weighted by Gasteiger charge is -2.34. The highest BCUT2D eigenvalue weighted by atomic mass is 16.5. The van der Waals surface area contributed by atoms with Gasteiger partial charge in [-0.05, 0) is 78.5 Å². The van der Waals surface area contributed by atoms with Gasteiger partial charge < -0.3 is 4.65 Å². The van der Waals surface area contributed by atoms with Crippen molar-refractivity contribution in [1.82, 2.24) is 0 Å². The molecule has 2 heteroatoms. The van der Waals surface area contributed by atoms with Gasteiger partial charge in [0.15, 0.2) is 0 Å². The van der Waals surface area contributed by atoms with Crippen LogP contribution in [0.1, 0.15) is 47.1 Å². The van der Waals surface area contributed by atoms with Crippen molar-refractivity contribution >= 4 is 28.5 Å². The van der Waals surface area contributed by atoms with Crippen molar-refractivity contribution in [2.75, 3.05) is 0 Å². The molecule has 0 aliphatic carbocycles. The third kappa shape index (κ3) is 4.09. The summed E-state index contributed by atoms with van der Waals surface area (Å²) >= 11 is 0. The lowest BCUT2D eigenvalue weighted by molar-refractivity contribution is 0.0370. The van der Waals surface area contributed by atoms with E-state index in [1.807, 2.05) is 6.08 Å². The Labute approximate surface area is 194 Å². The van der Waals surface area contributed by atoms with Gasteiger partial charge in [0, 0.05) is 0 Å². The van der Waals surface area contributed by atoms with Crippen LogP contribution in [-0.4, -0.2) is 12.5 Å². The maximum absolute atomic E-state index is 6.47. The first-order valence-electron chi connectivity index (χ1n) is 11.7. The van der Waals surface area contributed by atoms with Crippen molar-refractivity contribution in [2.45, 2.75) is 59.9 Å². The lowest BCUT2D eigenvalue weighted by atomic mass is 9.53. The van der Waals surface area contributed by atoms with Crippen LogP contribution in [0.25, 0.3) is 21.5 Å². The lowest BCUT2D eigenvalue weighted by Crippen LogP contribution is -2.34. The zero-order valence-electron chi connectivity index (χ0n) is 20.5. The number of rotatable bonds is 5. The zero-order valence-corrected chi connectivity index (χ0v) is 20.5. The summed E-state index contributed by atoms with van der Waals surface area (Å²) in [5.74, 6) is 0. The Bertz CT molecular complexity index is 1230. The van der Waals surface area contributed by atoms with Crippen molar-refractivity contribution in [3.8, 4) is 0 Å². The standard InChI is InChI=1S/C30H35BO/c1-8-23(17-21(2)22(3)31-20-29(4,5)30(6,7)32-31)18-25-19-24-13-9-10-14-26(24)28-16-12-11-15-27(25)28/h8-17,19H,1,18,20H2,2-7H3/b22-21+,23-17+. The Morgan fingerprint density at radius 1 is 0.969 bits per heavy atom. The van der Waals surface area contributed by atoms with Gasteiger partial charge in [-0.3, -0.25) is 0 Å². The summed E-state index contributed by atoms with van der Waals surface area (Å²) in [6.45, 7) is 17.8. The van der Waals surface area contributed by atoms with E-state index in [4.69, 9.17) is 4.65 Å². The van der Waals surface area contributed by atoms with Crippen molar-refractivity contribution in [3.63, 3.8) is 0 Å². The molecule has 32 heavy (non-hydrogen) atoms. The molecule has 164 valence electrons. The number of hydrogen-bond acceptors (Lipinski definition) is 1. The minimum atomic E-state index is -0.117. The fraction of sp³-hybridized carbons (Fsp3) is 0.333. The van der Waals surface area contributed by atoms with E-state index >= 15 is 0 Å². The predicted molar refractivity (Wildman–Crippen MR) is 141 cm³/mol. The second-order valence-corrected chi connectivity index (χ2v) is 10.5. The van der Waals surface area contributed by atoms with Crippen LogP contribution in [0.4, 0.5) is 0 Å². The number of allylic oxidation sites excluding steroid dienone is 5. The van der Waals surface area contributed by atoms with Gasteiger partial charge in [-0.15, -0.1) is 0 Å². The molecule has 1 heterocycles. The molecule has 0 bridgehead atoms. The Balaban J connectivity index is 1.70. The molecule has 3 aromatic carbocycles. The monoisotopic (exact) mass is 422 g/mol. The van der Waals surface area contributed by atoms with Gasteiger partial charge in [-0.1, -0.05) is 98.2 Å². The smallest absolute Gasteiger partial charge is 0.323 e. The highest BCUT2D eigenvalue weighted by molar-refractivity contribution is 6.61. The molecule has 0 saturated carbocycles. The van der Waals surface area contributed by atoms with E-state index in [-0.39, 0.29) is 17.9 Å². The molecule has 0 atom stereocenters. The average molecular weight is 422 g/mol. The minimum Gasteiger partial charge on any atom is -0.426 e. The van der Waals surface area contributed by atoms with E-state index in [1.165, 1.54) is 43.7 Å². The second kappa shape index (κ2) is 8.41. The van der Waals surface area contributed by atoms with Gasteiger partial charge >= 0.3 is 6.92 Å². The van der Waals surface area contributed by atoms with Crippen LogP contribution in [0.3, 0.4) is 0 Å². The van der Waals surface area contributed by atoms with E-state index in [9.17, 15) is 0 Å². The van der Waals surface area contributed by atoms with Gasteiger partial charge in [0.1, 0.15) is 0 Å². The molecule has 1 saturated heterocycles. The average Bonchev–Trinajstić information content (AvgIpc) is 2.99. The van der Waals surface area contributed by atoms with Crippen molar-refractivity contribution in [2.24, 2.45) is 5.41 Å². The number of fused-ring (bicyclic) bond motifs is 3. The SMILES string of the molecule is C=C/C(=C\C(C)=C(/C)B1CC(C)(C)C(C)(C)O1)Cc1cc2ccccc2c2ccccc12. The summed E-state index contributed by atoms with van der Waals surface area (Å²) in [6.07, 6.45) is 6.22. The quantitative estimate of drug-likeness (QED) is 0.228. The van der Waals surface area contributed by atoms with E-state index in [1.54, 1.807) is 0 Å². The summed E-state index contributed by atoms with van der Waals surface area (Å²) in [7, 11) is 0. The molecule has 0 radical (unpaired) electrons. The van der Waals surface area contributed by atoms with Crippen LogP contribution < -0.4 is 0 Å². The molecule has 1 fully saturated rings. The van der Waals surface area contributed by atoms with Crippen LogP contribution >= 0.6 is 0 Å². The second-order valence-electron chi connectivity index (χ2n) is 10.5. The highest BCUT2D eigenvalue weighted by Gasteiger charge is 2.49. The Hall–Kier alpha value is -2.58. The zero-order chi connectivity index (χ0) is 23.1. The van der Waals surface area contributed by atoms with E-state index in [0.29, 0.717) is 0 Å². The summed E-state index contributed by atoms with van der Waals surface area (Å²) in [5, 5.41) is 5.24. The van der Waals surface area contributed by atoms with E-state index in [0.717, 1.165) is 12.7 Å². The van der Waals surface area contributed by atoms with Crippen LogP contribution in [0.2, 0.25) is 6.32 Å². The highest BCUT2D eigenvalue weighted by Crippen LogP contribution is 2.47. The summed E-state index contributed by atoms with van der Waals surface area (Å²) in [4.78, 5) is 0. The molecule has 0 N–H and O–H groups in total. The van der Waals surface area contributed by atoms with Crippen molar-refractivity contribution in [3.05, 3.63) is 95.5 Å². The first kappa shape index (κ1) is 22.6. The molecule has 1 aliphatic heterocycles. The summed E-state index contributed by atoms with van der Waals surface area (Å²) in [5.41, 5.74) is 5.23. The molecule has 4 rings (SSSR count). The van der Waals surface area contributed by atoms with Gasteiger partial charge in [-0.25, -0.2) is 0 Å². The molecule has 1 nitrogen and oxygen atoms in total. The Morgan fingerprint density at radius 2 is 1.59 bits per heavy atom. The third-order valence-corrected chi connectivity index (χ3v) is 7.78. The number of benzene rings is 3. The van der Waals surface area contributed by atoms with Crippen LogP contribution in [0.15, 0.2) is 89.9 Å². The van der Waals surface area contributed by atoms with Crippen LogP contribution in [0, 0.1) is 5.41 Å². The third-order valence-electron chi connectivity index (χ3n) is 7.78. The molecule has 3 aromatic rings. The largest absolute Gasteiger partial charge is 0.426 e. The molecule has 0 amide bonds. The fourth-order valence-electron chi connectivity index (χ4n) is 4.83. The topological polar surface area (TPSA) is 9.23 Å². The molecule has 1 aliphatic rings. The molecule has 0 aromatic heterocycles. The van der Waals surface area contributed by atoms with Crippen LogP contribution in [0.5, 0.6) is 0 Å². The maximum atomic E-state index is 6.47. The van der Waals surface area contributed by atoms with Gasteiger partial charge in [0.05, 0.1) is 5.60 Å². The first-order valence-corrected chi connectivity index (χ1v) is 11.7. The molecule has 0 unspecified atom stereocenters. The number of hydrogen-bond donors (Lipinski definition) is 0. The summed E-state index contributed by atoms with van der Waals surface area (Å²) < 4.78 is 6.47. The first-order chi connectivity index (χ1) is 15.1. The van der Waals surface area contributed by atoms with Gasteiger partial charge in [0.25, 0.3) is 0 Å². The summed E-state index contributed by atoms with van der Waals surface area (Å²) in [6, 6.07) is 19.7. The van der Waals surface area contributed by atoms with Gasteiger partial charge in [0.2, 0.25) is 0 Å². The van der Waals surface area contributed by atoms with Crippen molar-refractivity contribution < 1.29 is 4.65 Å². The van der Waals surface area contributed by atoms with Gasteiger partial charge in [-0.2, -0.15) is 0 Å². The van der Waals surface area contributed by atoms with E-state index < -0.39 is 0 Å². The maximum Gasteiger partial charge on any atom is 0.323 e. The van der Waals surface area contributed by atoms with Crippen LogP contribution in [-0.2, 0) is 11.1 Å². The fourth-order valence-corrected chi connectivity index (χ4v) is 4.83. The normalized spacial score (nSPS) is 18.8. The molecular formula is C30H35BO. The Kier molecular flexibility index (Phi) is 5.94.